The Morgan fingerprint density at radius 1 is 1.19 bits per heavy atom. The average molecular weight is 392 g/mol. The molecule has 2 aliphatic rings. The van der Waals surface area contributed by atoms with Gasteiger partial charge < -0.3 is 10.1 Å². The van der Waals surface area contributed by atoms with Gasteiger partial charge in [-0.1, -0.05) is 18.2 Å². The highest BCUT2D eigenvalue weighted by molar-refractivity contribution is 7.89. The number of hydrogen-bond donors (Lipinski definition) is 1. The second-order valence-electron chi connectivity index (χ2n) is 6.78. The zero-order valence-corrected chi connectivity index (χ0v) is 15.9. The van der Waals surface area contributed by atoms with Crippen molar-refractivity contribution in [3.63, 3.8) is 0 Å². The van der Waals surface area contributed by atoms with Crippen LogP contribution in [0.5, 0.6) is 0 Å². The molecule has 1 aliphatic heterocycles. The van der Waals surface area contributed by atoms with Crippen molar-refractivity contribution >= 4 is 27.6 Å². The summed E-state index contributed by atoms with van der Waals surface area (Å²) in [6.07, 6.45) is 7.89. The quantitative estimate of drug-likeness (QED) is 0.592. The minimum Gasteiger partial charge on any atom is -0.455 e. The third-order valence-corrected chi connectivity index (χ3v) is 6.66. The minimum atomic E-state index is -3.55. The SMILES string of the molecule is O=C(COC(=O)C1CC=CCC1)Nc1cccc(S(=O)(=O)N2CCCC2)c1. The first-order chi connectivity index (χ1) is 13.0. The third-order valence-electron chi connectivity index (χ3n) is 4.77. The van der Waals surface area contributed by atoms with Crippen LogP contribution in [0.1, 0.15) is 32.1 Å². The molecule has 0 spiro atoms. The van der Waals surface area contributed by atoms with Gasteiger partial charge in [-0.05, 0) is 50.3 Å². The molecule has 1 N–H and O–H groups in total. The molecular weight excluding hydrogens is 368 g/mol. The van der Waals surface area contributed by atoms with Gasteiger partial charge in [0.05, 0.1) is 10.8 Å². The fraction of sp³-hybridized carbons (Fsp3) is 0.474. The number of ether oxygens (including phenoxy) is 1. The third kappa shape index (κ3) is 4.95. The van der Waals surface area contributed by atoms with Gasteiger partial charge in [0.25, 0.3) is 5.91 Å². The molecule has 0 bridgehead atoms. The van der Waals surface area contributed by atoms with Crippen molar-refractivity contribution in [3.8, 4) is 0 Å². The molecule has 1 aromatic rings. The van der Waals surface area contributed by atoms with Crippen LogP contribution in [0, 0.1) is 5.92 Å². The van der Waals surface area contributed by atoms with E-state index in [2.05, 4.69) is 5.32 Å². The molecule has 1 amide bonds. The summed E-state index contributed by atoms with van der Waals surface area (Å²) in [6, 6.07) is 6.13. The zero-order valence-electron chi connectivity index (χ0n) is 15.1. The van der Waals surface area contributed by atoms with Gasteiger partial charge >= 0.3 is 5.97 Å². The molecule has 27 heavy (non-hydrogen) atoms. The Balaban J connectivity index is 1.56. The Morgan fingerprint density at radius 2 is 1.96 bits per heavy atom. The van der Waals surface area contributed by atoms with E-state index in [1.807, 2.05) is 12.2 Å². The number of rotatable bonds is 6. The number of amides is 1. The number of benzene rings is 1. The van der Waals surface area contributed by atoms with E-state index in [1.165, 1.54) is 16.4 Å². The van der Waals surface area contributed by atoms with Crippen LogP contribution < -0.4 is 5.32 Å². The fourth-order valence-corrected chi connectivity index (χ4v) is 4.83. The highest BCUT2D eigenvalue weighted by atomic mass is 32.2. The van der Waals surface area contributed by atoms with Crippen molar-refractivity contribution in [3.05, 3.63) is 36.4 Å². The van der Waals surface area contributed by atoms with Gasteiger partial charge in [0, 0.05) is 18.8 Å². The monoisotopic (exact) mass is 392 g/mol. The Hall–Kier alpha value is -2.19. The molecular formula is C19H24N2O5S. The van der Waals surface area contributed by atoms with Crippen LogP contribution in [0.3, 0.4) is 0 Å². The lowest BCUT2D eigenvalue weighted by Gasteiger charge is -2.17. The number of allylic oxidation sites excluding steroid dienone is 2. The number of hydrogen-bond acceptors (Lipinski definition) is 5. The topological polar surface area (TPSA) is 92.8 Å². The summed E-state index contributed by atoms with van der Waals surface area (Å²) < 4.78 is 31.7. The molecule has 3 rings (SSSR count). The summed E-state index contributed by atoms with van der Waals surface area (Å²) in [5.41, 5.74) is 0.358. The van der Waals surface area contributed by atoms with Gasteiger partial charge in [0.15, 0.2) is 6.61 Å². The zero-order chi connectivity index (χ0) is 19.3. The van der Waals surface area contributed by atoms with E-state index < -0.39 is 15.9 Å². The van der Waals surface area contributed by atoms with Gasteiger partial charge in [0.2, 0.25) is 10.0 Å². The van der Waals surface area contributed by atoms with Crippen molar-refractivity contribution in [2.45, 2.75) is 37.0 Å². The predicted octanol–water partition coefficient (Wildman–Crippen LogP) is 2.31. The van der Waals surface area contributed by atoms with Gasteiger partial charge in [-0.25, -0.2) is 8.42 Å². The maximum atomic E-state index is 12.6. The molecule has 0 aromatic heterocycles. The number of carbonyl (C=O) groups excluding carboxylic acids is 2. The van der Waals surface area contributed by atoms with Gasteiger partial charge in [-0.3, -0.25) is 9.59 Å². The Labute approximate surface area is 159 Å². The first kappa shape index (κ1) is 19.6. The second-order valence-corrected chi connectivity index (χ2v) is 8.71. The first-order valence-corrected chi connectivity index (χ1v) is 10.6. The van der Waals surface area contributed by atoms with Crippen molar-refractivity contribution in [2.75, 3.05) is 25.0 Å². The molecule has 1 aliphatic carbocycles. The average Bonchev–Trinajstić information content (AvgIpc) is 3.23. The summed E-state index contributed by atoms with van der Waals surface area (Å²) >= 11 is 0. The summed E-state index contributed by atoms with van der Waals surface area (Å²) in [6.45, 7) is 0.651. The fourth-order valence-electron chi connectivity index (χ4n) is 3.27. The number of anilines is 1. The molecule has 1 fully saturated rings. The van der Waals surface area contributed by atoms with E-state index >= 15 is 0 Å². The summed E-state index contributed by atoms with van der Waals surface area (Å²) in [5, 5.41) is 2.59. The number of esters is 1. The minimum absolute atomic E-state index is 0.146. The normalized spacial score (nSPS) is 20.4. The first-order valence-electron chi connectivity index (χ1n) is 9.18. The predicted molar refractivity (Wildman–Crippen MR) is 101 cm³/mol. The lowest BCUT2D eigenvalue weighted by Crippen LogP contribution is -2.28. The standard InChI is InChI=1S/C19H24N2O5S/c22-18(14-26-19(23)15-7-2-1-3-8-15)20-16-9-6-10-17(13-16)27(24,25)21-11-4-5-12-21/h1-2,6,9-10,13,15H,3-5,7-8,11-12,14H2,(H,20,22). The van der Waals surface area contributed by atoms with Crippen LogP contribution in [0.2, 0.25) is 0 Å². The molecule has 1 heterocycles. The molecule has 1 unspecified atom stereocenters. The van der Waals surface area contributed by atoms with E-state index in [4.69, 9.17) is 4.74 Å². The van der Waals surface area contributed by atoms with Crippen molar-refractivity contribution in [1.29, 1.82) is 0 Å². The number of nitrogens with one attached hydrogen (secondary N) is 1. The molecule has 8 heteroatoms. The van der Waals surface area contributed by atoms with Crippen LogP contribution in [-0.4, -0.2) is 44.3 Å². The number of nitrogens with zero attached hydrogens (tertiary/aromatic N) is 1. The van der Waals surface area contributed by atoms with Crippen LogP contribution in [0.4, 0.5) is 5.69 Å². The van der Waals surface area contributed by atoms with Crippen LogP contribution in [-0.2, 0) is 24.3 Å². The maximum Gasteiger partial charge on any atom is 0.309 e. The van der Waals surface area contributed by atoms with Crippen LogP contribution in [0.15, 0.2) is 41.3 Å². The van der Waals surface area contributed by atoms with Gasteiger partial charge in [0.1, 0.15) is 0 Å². The van der Waals surface area contributed by atoms with Crippen molar-refractivity contribution < 1.29 is 22.7 Å². The lowest BCUT2D eigenvalue weighted by molar-refractivity contribution is -0.151. The number of sulfonamides is 1. The van der Waals surface area contributed by atoms with E-state index in [-0.39, 0.29) is 23.4 Å². The molecule has 1 saturated heterocycles. The molecule has 1 atom stereocenters. The molecule has 0 saturated carbocycles. The van der Waals surface area contributed by atoms with Crippen LogP contribution in [0.25, 0.3) is 0 Å². The Kier molecular flexibility index (Phi) is 6.28. The van der Waals surface area contributed by atoms with Crippen molar-refractivity contribution in [2.24, 2.45) is 5.92 Å². The largest absolute Gasteiger partial charge is 0.455 e. The Bertz CT molecular complexity index is 828. The van der Waals surface area contributed by atoms with Crippen molar-refractivity contribution in [1.82, 2.24) is 4.31 Å². The lowest BCUT2D eigenvalue weighted by atomic mass is 9.95. The summed E-state index contributed by atoms with van der Waals surface area (Å²) in [4.78, 5) is 24.2. The Morgan fingerprint density at radius 3 is 2.67 bits per heavy atom. The highest BCUT2D eigenvalue weighted by Gasteiger charge is 2.27. The van der Waals surface area contributed by atoms with E-state index in [9.17, 15) is 18.0 Å². The second kappa shape index (κ2) is 8.67. The van der Waals surface area contributed by atoms with E-state index in [1.54, 1.807) is 12.1 Å². The van der Waals surface area contributed by atoms with Gasteiger partial charge in [-0.15, -0.1) is 0 Å². The molecule has 146 valence electrons. The van der Waals surface area contributed by atoms with E-state index in [0.29, 0.717) is 25.2 Å². The van der Waals surface area contributed by atoms with Crippen LogP contribution >= 0.6 is 0 Å². The molecule has 7 nitrogen and oxygen atoms in total. The maximum absolute atomic E-state index is 12.6. The highest BCUT2D eigenvalue weighted by Crippen LogP contribution is 2.23. The number of carbonyl (C=O) groups is 2. The summed E-state index contributed by atoms with van der Waals surface area (Å²) in [7, 11) is -3.55. The summed E-state index contributed by atoms with van der Waals surface area (Å²) in [5.74, 6) is -1.07. The van der Waals surface area contributed by atoms with E-state index in [0.717, 1.165) is 25.7 Å². The molecule has 0 radical (unpaired) electrons. The smallest absolute Gasteiger partial charge is 0.309 e. The molecule has 1 aromatic carbocycles. The van der Waals surface area contributed by atoms with Gasteiger partial charge in [-0.2, -0.15) is 4.31 Å².